The molecule has 0 aromatic heterocycles. The van der Waals surface area contributed by atoms with E-state index in [1.165, 1.54) is 11.1 Å². The van der Waals surface area contributed by atoms with Crippen molar-refractivity contribution in [2.75, 3.05) is 20.4 Å². The molecule has 1 aliphatic rings. The summed E-state index contributed by atoms with van der Waals surface area (Å²) >= 11 is 0. The van der Waals surface area contributed by atoms with Crippen molar-refractivity contribution < 1.29 is 14.2 Å². The molecular weight excluding hydrogens is 266 g/mol. The van der Waals surface area contributed by atoms with E-state index in [1.807, 2.05) is 0 Å². The van der Waals surface area contributed by atoms with Gasteiger partial charge >= 0.3 is 0 Å². The zero-order chi connectivity index (χ0) is 15.6. The van der Waals surface area contributed by atoms with Gasteiger partial charge in [-0.3, -0.25) is 0 Å². The van der Waals surface area contributed by atoms with Crippen molar-refractivity contribution in [3.05, 3.63) is 22.3 Å². The van der Waals surface area contributed by atoms with Gasteiger partial charge in [0.15, 0.2) is 6.79 Å². The van der Waals surface area contributed by atoms with E-state index in [-0.39, 0.29) is 12.4 Å². The Kier molecular flexibility index (Phi) is 4.79. The molecule has 1 heterocycles. The quantitative estimate of drug-likeness (QED) is 0.848. The number of benzene rings is 1. The molecule has 4 heteroatoms. The molecule has 0 atom stereocenters. The Hall–Kier alpha value is -1.26. The van der Waals surface area contributed by atoms with E-state index in [4.69, 9.17) is 19.9 Å². The standard InChI is InChI=1S/C17H27NO3/c1-11-12(2)16-13(6-8-17(3,4)21-16)14(7-9-18)15(11)20-10-19-5/h6-10,18H2,1-5H3. The number of methoxy groups -OCH3 is 1. The fourth-order valence-corrected chi connectivity index (χ4v) is 2.95. The molecule has 118 valence electrons. The Morgan fingerprint density at radius 1 is 1.24 bits per heavy atom. The van der Waals surface area contributed by atoms with Crippen molar-refractivity contribution in [1.82, 2.24) is 0 Å². The van der Waals surface area contributed by atoms with E-state index in [9.17, 15) is 0 Å². The lowest BCUT2D eigenvalue weighted by Crippen LogP contribution is -2.34. The summed E-state index contributed by atoms with van der Waals surface area (Å²) in [7, 11) is 1.63. The minimum atomic E-state index is -0.112. The zero-order valence-electron chi connectivity index (χ0n) is 13.8. The highest BCUT2D eigenvalue weighted by molar-refractivity contribution is 5.59. The van der Waals surface area contributed by atoms with E-state index in [1.54, 1.807) is 7.11 Å². The molecule has 0 spiro atoms. The molecule has 0 radical (unpaired) electrons. The van der Waals surface area contributed by atoms with Gasteiger partial charge in [-0.1, -0.05) is 0 Å². The maximum Gasteiger partial charge on any atom is 0.188 e. The second-order valence-electron chi connectivity index (χ2n) is 6.32. The first-order chi connectivity index (χ1) is 9.91. The highest BCUT2D eigenvalue weighted by atomic mass is 16.7. The third-order valence-corrected chi connectivity index (χ3v) is 4.23. The number of ether oxygens (including phenoxy) is 3. The van der Waals surface area contributed by atoms with Gasteiger partial charge in [0.25, 0.3) is 0 Å². The maximum atomic E-state index is 6.25. The zero-order valence-corrected chi connectivity index (χ0v) is 13.8. The summed E-state index contributed by atoms with van der Waals surface area (Å²) in [5, 5.41) is 0. The van der Waals surface area contributed by atoms with Gasteiger partial charge in [-0.25, -0.2) is 0 Å². The van der Waals surface area contributed by atoms with E-state index in [2.05, 4.69) is 27.7 Å². The van der Waals surface area contributed by atoms with Crippen molar-refractivity contribution in [3.8, 4) is 11.5 Å². The van der Waals surface area contributed by atoms with Crippen LogP contribution >= 0.6 is 0 Å². The van der Waals surface area contributed by atoms with E-state index < -0.39 is 0 Å². The summed E-state index contributed by atoms with van der Waals surface area (Å²) in [6.07, 6.45) is 2.80. The highest BCUT2D eigenvalue weighted by Gasteiger charge is 2.31. The molecule has 2 rings (SSSR count). The van der Waals surface area contributed by atoms with Gasteiger partial charge in [0.1, 0.15) is 17.1 Å². The number of hydrogen-bond donors (Lipinski definition) is 1. The third kappa shape index (κ3) is 3.16. The largest absolute Gasteiger partial charge is 0.487 e. The van der Waals surface area contributed by atoms with Crippen molar-refractivity contribution in [2.45, 2.75) is 52.6 Å². The van der Waals surface area contributed by atoms with Gasteiger partial charge < -0.3 is 19.9 Å². The van der Waals surface area contributed by atoms with Crippen molar-refractivity contribution in [3.63, 3.8) is 0 Å². The van der Waals surface area contributed by atoms with Crippen LogP contribution in [-0.2, 0) is 17.6 Å². The van der Waals surface area contributed by atoms with E-state index in [0.29, 0.717) is 6.54 Å². The minimum Gasteiger partial charge on any atom is -0.487 e. The van der Waals surface area contributed by atoms with Crippen LogP contribution in [0, 0.1) is 13.8 Å². The van der Waals surface area contributed by atoms with Crippen molar-refractivity contribution >= 4 is 0 Å². The third-order valence-electron chi connectivity index (χ3n) is 4.23. The second-order valence-corrected chi connectivity index (χ2v) is 6.32. The van der Waals surface area contributed by atoms with Crippen LogP contribution in [0.25, 0.3) is 0 Å². The van der Waals surface area contributed by atoms with Crippen molar-refractivity contribution in [1.29, 1.82) is 0 Å². The lowest BCUT2D eigenvalue weighted by Gasteiger charge is -2.36. The summed E-state index contributed by atoms with van der Waals surface area (Å²) < 4.78 is 17.2. The molecule has 0 bridgehead atoms. The molecule has 0 saturated carbocycles. The Bertz CT molecular complexity index is 524. The van der Waals surface area contributed by atoms with E-state index in [0.717, 1.165) is 41.9 Å². The molecule has 2 N–H and O–H groups in total. The molecule has 21 heavy (non-hydrogen) atoms. The van der Waals surface area contributed by atoms with Crippen LogP contribution in [-0.4, -0.2) is 26.0 Å². The first kappa shape index (κ1) is 16.1. The monoisotopic (exact) mass is 293 g/mol. The molecule has 0 aliphatic carbocycles. The average Bonchev–Trinajstić information content (AvgIpc) is 2.43. The Balaban J connectivity index is 2.56. The predicted octanol–water partition coefficient (Wildman–Crippen LogP) is 2.89. The summed E-state index contributed by atoms with van der Waals surface area (Å²) in [6, 6.07) is 0. The number of nitrogens with two attached hydrogens (primary N) is 1. The fourth-order valence-electron chi connectivity index (χ4n) is 2.95. The number of fused-ring (bicyclic) bond motifs is 1. The lowest BCUT2D eigenvalue weighted by atomic mass is 9.86. The first-order valence-corrected chi connectivity index (χ1v) is 7.57. The van der Waals surface area contributed by atoms with Crippen LogP contribution in [0.4, 0.5) is 0 Å². The molecule has 0 unspecified atom stereocenters. The second kappa shape index (κ2) is 6.24. The molecule has 0 amide bonds. The topological polar surface area (TPSA) is 53.7 Å². The summed E-state index contributed by atoms with van der Waals surface area (Å²) in [4.78, 5) is 0. The van der Waals surface area contributed by atoms with Crippen molar-refractivity contribution in [2.24, 2.45) is 5.73 Å². The van der Waals surface area contributed by atoms with Crippen LogP contribution in [0.3, 0.4) is 0 Å². The molecule has 1 aliphatic heterocycles. The van der Waals surface area contributed by atoms with Gasteiger partial charge in [-0.15, -0.1) is 0 Å². The molecular formula is C17H27NO3. The summed E-state index contributed by atoms with van der Waals surface area (Å²) in [5.74, 6) is 1.94. The van der Waals surface area contributed by atoms with Gasteiger partial charge in [0, 0.05) is 18.2 Å². The van der Waals surface area contributed by atoms with Crippen LogP contribution in [0.5, 0.6) is 11.5 Å². The van der Waals surface area contributed by atoms with Gasteiger partial charge in [-0.05, 0) is 64.6 Å². The predicted molar refractivity (Wildman–Crippen MR) is 84.2 cm³/mol. The summed E-state index contributed by atoms with van der Waals surface area (Å²) in [6.45, 7) is 9.31. The van der Waals surface area contributed by atoms with Crippen LogP contribution < -0.4 is 15.2 Å². The summed E-state index contributed by atoms with van der Waals surface area (Å²) in [5.41, 5.74) is 10.4. The van der Waals surface area contributed by atoms with Gasteiger partial charge in [-0.2, -0.15) is 0 Å². The molecule has 1 aromatic rings. The lowest BCUT2D eigenvalue weighted by molar-refractivity contribution is 0.0488. The highest BCUT2D eigenvalue weighted by Crippen LogP contribution is 2.44. The fraction of sp³-hybridized carbons (Fsp3) is 0.647. The Morgan fingerprint density at radius 2 is 1.95 bits per heavy atom. The van der Waals surface area contributed by atoms with Gasteiger partial charge in [0.2, 0.25) is 0 Å². The SMILES string of the molecule is COCOc1c(C)c(C)c2c(c1CCN)CCC(C)(C)O2. The molecule has 0 fully saturated rings. The number of hydrogen-bond acceptors (Lipinski definition) is 4. The molecule has 0 saturated heterocycles. The number of rotatable bonds is 5. The smallest absolute Gasteiger partial charge is 0.188 e. The van der Waals surface area contributed by atoms with Crippen LogP contribution in [0.1, 0.15) is 42.5 Å². The maximum absolute atomic E-state index is 6.25. The normalized spacial score (nSPS) is 16.3. The minimum absolute atomic E-state index is 0.112. The van der Waals surface area contributed by atoms with Crippen LogP contribution in [0.15, 0.2) is 0 Å². The average molecular weight is 293 g/mol. The first-order valence-electron chi connectivity index (χ1n) is 7.57. The van der Waals surface area contributed by atoms with E-state index >= 15 is 0 Å². The Labute approximate surface area is 127 Å². The molecule has 4 nitrogen and oxygen atoms in total. The molecule has 1 aromatic carbocycles. The van der Waals surface area contributed by atoms with Gasteiger partial charge in [0.05, 0.1) is 0 Å². The van der Waals surface area contributed by atoms with Crippen LogP contribution in [0.2, 0.25) is 0 Å². The Morgan fingerprint density at radius 3 is 2.57 bits per heavy atom.